The van der Waals surface area contributed by atoms with Crippen LogP contribution in [-0.2, 0) is 18.9 Å². The average Bonchev–Trinajstić information content (AvgIpc) is 2.93. The molecule has 39 heavy (non-hydrogen) atoms. The molecule has 0 spiro atoms. The summed E-state index contributed by atoms with van der Waals surface area (Å²) in [6.45, 7) is 3.93. The van der Waals surface area contributed by atoms with E-state index in [1.165, 1.54) is 28.4 Å². The van der Waals surface area contributed by atoms with Gasteiger partial charge in [-0.05, 0) is 38.1 Å². The van der Waals surface area contributed by atoms with Crippen LogP contribution in [0.3, 0.4) is 0 Å². The largest absolute Gasteiger partial charge is 0.488 e. The van der Waals surface area contributed by atoms with E-state index in [0.717, 1.165) is 5.57 Å². The lowest BCUT2D eigenvalue weighted by atomic mass is 10.1. The highest BCUT2D eigenvalue weighted by atomic mass is 16.7. The Hall–Kier alpha value is -3.77. The van der Waals surface area contributed by atoms with Crippen LogP contribution < -0.4 is 29.1 Å². The maximum atomic E-state index is 13.8. The molecule has 0 unspecified atom stereocenters. The van der Waals surface area contributed by atoms with Gasteiger partial charge in [0.15, 0.2) is 44.4 Å². The first kappa shape index (κ1) is 29.8. The van der Waals surface area contributed by atoms with Gasteiger partial charge < -0.3 is 47.0 Å². The third-order valence-corrected chi connectivity index (χ3v) is 5.16. The summed E-state index contributed by atoms with van der Waals surface area (Å²) in [6.07, 6.45) is 1.89. The molecule has 0 aliphatic rings. The van der Waals surface area contributed by atoms with Crippen molar-refractivity contribution in [2.75, 3.05) is 62.2 Å². The first-order chi connectivity index (χ1) is 18.9. The Morgan fingerprint density at radius 2 is 1.38 bits per heavy atom. The molecular formula is C28H34O11. The van der Waals surface area contributed by atoms with Crippen LogP contribution in [0.15, 0.2) is 51.2 Å². The van der Waals surface area contributed by atoms with E-state index >= 15 is 0 Å². The minimum atomic E-state index is -0.451. The smallest absolute Gasteiger partial charge is 0.239 e. The van der Waals surface area contributed by atoms with Crippen LogP contribution >= 0.6 is 0 Å². The van der Waals surface area contributed by atoms with E-state index in [1.54, 1.807) is 30.3 Å². The quantitative estimate of drug-likeness (QED) is 0.183. The first-order valence-electron chi connectivity index (χ1n) is 12.0. The van der Waals surface area contributed by atoms with Gasteiger partial charge in [0.05, 0.1) is 0 Å². The highest BCUT2D eigenvalue weighted by Gasteiger charge is 2.23. The van der Waals surface area contributed by atoms with Crippen LogP contribution in [0.1, 0.15) is 13.8 Å². The molecule has 0 aliphatic carbocycles. The minimum Gasteiger partial charge on any atom is -0.488 e. The molecule has 1 heterocycles. The molecule has 0 fully saturated rings. The maximum Gasteiger partial charge on any atom is 0.239 e. The molecule has 2 aromatic carbocycles. The minimum absolute atomic E-state index is 0.00578. The molecule has 0 saturated heterocycles. The molecule has 11 heteroatoms. The number of benzene rings is 2. The number of allylic oxidation sites excluding steroid dienone is 1. The van der Waals surface area contributed by atoms with Crippen molar-refractivity contribution in [3.63, 3.8) is 0 Å². The van der Waals surface area contributed by atoms with Crippen molar-refractivity contribution in [1.82, 2.24) is 0 Å². The predicted octanol–water partition coefficient (Wildman–Crippen LogP) is 4.74. The topological polar surface area (TPSA) is 113 Å². The zero-order valence-corrected chi connectivity index (χ0v) is 23.0. The van der Waals surface area contributed by atoms with Gasteiger partial charge >= 0.3 is 0 Å². The number of hydrogen-bond acceptors (Lipinski definition) is 11. The Labute approximate surface area is 226 Å². The Kier molecular flexibility index (Phi) is 11.4. The van der Waals surface area contributed by atoms with Crippen molar-refractivity contribution >= 4 is 11.0 Å². The van der Waals surface area contributed by atoms with Gasteiger partial charge in [-0.15, -0.1) is 0 Å². The zero-order chi connectivity index (χ0) is 28.2. The van der Waals surface area contributed by atoms with E-state index in [0.29, 0.717) is 22.8 Å². The van der Waals surface area contributed by atoms with Crippen molar-refractivity contribution in [2.45, 2.75) is 13.8 Å². The molecule has 0 atom stereocenters. The monoisotopic (exact) mass is 546 g/mol. The first-order valence-corrected chi connectivity index (χ1v) is 12.0. The summed E-state index contributed by atoms with van der Waals surface area (Å²) < 4.78 is 55.0. The van der Waals surface area contributed by atoms with Crippen molar-refractivity contribution < 1.29 is 47.0 Å². The van der Waals surface area contributed by atoms with Crippen LogP contribution in [0.5, 0.6) is 28.7 Å². The van der Waals surface area contributed by atoms with Gasteiger partial charge in [-0.25, -0.2) is 0 Å². The number of methoxy groups -OCH3 is 4. The summed E-state index contributed by atoms with van der Waals surface area (Å²) in [5.41, 5.74) is 1.31. The van der Waals surface area contributed by atoms with E-state index in [2.05, 4.69) is 0 Å². The van der Waals surface area contributed by atoms with Crippen molar-refractivity contribution in [2.24, 2.45) is 0 Å². The highest BCUT2D eigenvalue weighted by Crippen LogP contribution is 2.39. The van der Waals surface area contributed by atoms with Crippen LogP contribution in [0, 0.1) is 0 Å². The number of hydrogen-bond donors (Lipinski definition) is 0. The third-order valence-electron chi connectivity index (χ3n) is 5.16. The van der Waals surface area contributed by atoms with E-state index in [-0.39, 0.29) is 62.0 Å². The normalized spacial score (nSPS) is 10.8. The Bertz CT molecular complexity index is 1310. The molecule has 3 rings (SSSR count). The van der Waals surface area contributed by atoms with Gasteiger partial charge in [-0.2, -0.15) is 0 Å². The molecule has 0 bridgehead atoms. The van der Waals surface area contributed by atoms with Crippen LogP contribution in [0.4, 0.5) is 0 Å². The van der Waals surface area contributed by atoms with Crippen LogP contribution in [0.25, 0.3) is 22.3 Å². The van der Waals surface area contributed by atoms with E-state index < -0.39 is 5.43 Å². The Morgan fingerprint density at radius 3 is 2.05 bits per heavy atom. The number of ether oxygens (including phenoxy) is 9. The van der Waals surface area contributed by atoms with E-state index in [4.69, 9.17) is 47.0 Å². The van der Waals surface area contributed by atoms with Crippen LogP contribution in [-0.4, -0.2) is 62.2 Å². The average molecular weight is 547 g/mol. The molecule has 212 valence electrons. The fourth-order valence-corrected chi connectivity index (χ4v) is 3.43. The molecule has 3 aromatic rings. The number of rotatable bonds is 16. The lowest BCUT2D eigenvalue weighted by Gasteiger charge is -2.16. The fourth-order valence-electron chi connectivity index (χ4n) is 3.43. The molecule has 0 radical (unpaired) electrons. The van der Waals surface area contributed by atoms with Crippen molar-refractivity contribution in [3.8, 4) is 40.1 Å². The molecule has 0 saturated carbocycles. The second-order valence-electron chi connectivity index (χ2n) is 8.34. The Balaban J connectivity index is 2.23. The van der Waals surface area contributed by atoms with Gasteiger partial charge in [-0.3, -0.25) is 4.79 Å². The maximum absolute atomic E-state index is 13.8. The SMILES string of the molecule is COCOc1cc(OCC=C(C)C)c2c(=O)c(OCOC)c(-c3ccc(OCOC)c(OCOC)c3)oc2c1. The fraction of sp³-hybridized carbons (Fsp3) is 0.393. The molecular weight excluding hydrogens is 512 g/mol. The second-order valence-corrected chi connectivity index (χ2v) is 8.34. The summed E-state index contributed by atoms with van der Waals surface area (Å²) in [5.74, 6) is 1.49. The molecule has 1 aromatic heterocycles. The summed E-state index contributed by atoms with van der Waals surface area (Å²) in [7, 11) is 5.97. The summed E-state index contributed by atoms with van der Waals surface area (Å²) in [4.78, 5) is 13.8. The lowest BCUT2D eigenvalue weighted by molar-refractivity contribution is 0.0323. The predicted molar refractivity (Wildman–Crippen MR) is 143 cm³/mol. The van der Waals surface area contributed by atoms with Crippen molar-refractivity contribution in [1.29, 1.82) is 0 Å². The van der Waals surface area contributed by atoms with Gasteiger partial charge in [0.2, 0.25) is 11.2 Å². The highest BCUT2D eigenvalue weighted by molar-refractivity contribution is 5.88. The molecule has 0 aliphatic heterocycles. The summed E-state index contributed by atoms with van der Waals surface area (Å²) in [5, 5.41) is 0.188. The van der Waals surface area contributed by atoms with E-state index in [1.807, 2.05) is 19.9 Å². The second kappa shape index (κ2) is 15.0. The van der Waals surface area contributed by atoms with E-state index in [9.17, 15) is 4.79 Å². The molecule has 0 N–H and O–H groups in total. The Morgan fingerprint density at radius 1 is 0.744 bits per heavy atom. The summed E-state index contributed by atoms with van der Waals surface area (Å²) in [6, 6.07) is 8.20. The third kappa shape index (κ3) is 7.87. The van der Waals surface area contributed by atoms with Gasteiger partial charge in [0.25, 0.3) is 0 Å². The molecule has 0 amide bonds. The van der Waals surface area contributed by atoms with Gasteiger partial charge in [0.1, 0.15) is 29.1 Å². The van der Waals surface area contributed by atoms with Crippen LogP contribution in [0.2, 0.25) is 0 Å². The van der Waals surface area contributed by atoms with Gasteiger partial charge in [0, 0.05) is 46.1 Å². The number of fused-ring (bicyclic) bond motifs is 1. The summed E-state index contributed by atoms with van der Waals surface area (Å²) >= 11 is 0. The lowest BCUT2D eigenvalue weighted by Crippen LogP contribution is -2.13. The van der Waals surface area contributed by atoms with Crippen molar-refractivity contribution in [3.05, 3.63) is 52.2 Å². The zero-order valence-electron chi connectivity index (χ0n) is 23.0. The standard InChI is InChI=1S/C28H34O11/c1-18(2)9-10-34-23-12-20(35-14-30-3)13-24-25(23)26(29)28(38-17-33-6)27(39-24)19-7-8-21(36-15-31-4)22(11-19)37-16-32-5/h7-9,11-13H,10,14-17H2,1-6H3. The molecule has 11 nitrogen and oxygen atoms in total. The van der Waals surface area contributed by atoms with Gasteiger partial charge in [-0.1, -0.05) is 5.57 Å².